The number of carbonyl (C=O) groups excluding carboxylic acids is 2. The standard InChI is InChI=1S/C18H17ClN4O3S/c1-2-26-18(25)13-12-4-3-11(14(19)15(12)27-16(13)20)9-22-23-17(24)10-5-7-21-8-6-10/h5-9H,2-4,20H2,1H3,(H,23,24)/b22-9+. The molecule has 1 aliphatic carbocycles. The van der Waals surface area contributed by atoms with Crippen molar-refractivity contribution in [3.8, 4) is 0 Å². The van der Waals surface area contributed by atoms with Gasteiger partial charge in [0.05, 0.1) is 28.3 Å². The number of amides is 1. The molecule has 0 saturated heterocycles. The fourth-order valence-corrected chi connectivity index (χ4v) is 4.15. The number of nitrogens with one attached hydrogen (secondary N) is 1. The van der Waals surface area contributed by atoms with Gasteiger partial charge in [-0.05, 0) is 43.0 Å². The van der Waals surface area contributed by atoms with E-state index in [-0.39, 0.29) is 12.5 Å². The Kier molecular flexibility index (Phi) is 5.88. The Hall–Kier alpha value is -2.71. The minimum atomic E-state index is -0.432. The summed E-state index contributed by atoms with van der Waals surface area (Å²) in [7, 11) is 0. The number of hydrogen-bond acceptors (Lipinski definition) is 7. The summed E-state index contributed by atoms with van der Waals surface area (Å²) in [6.45, 7) is 2.02. The second kappa shape index (κ2) is 8.32. The van der Waals surface area contributed by atoms with Gasteiger partial charge in [0.25, 0.3) is 5.91 Å². The number of hydrazone groups is 1. The maximum absolute atomic E-state index is 12.1. The molecule has 0 fully saturated rings. The lowest BCUT2D eigenvalue weighted by atomic mass is 9.95. The quantitative estimate of drug-likeness (QED) is 0.452. The number of nitrogens with zero attached hydrogens (tertiary/aromatic N) is 2. The van der Waals surface area contributed by atoms with Crippen LogP contribution >= 0.6 is 22.9 Å². The zero-order chi connectivity index (χ0) is 19.4. The summed E-state index contributed by atoms with van der Waals surface area (Å²) in [5, 5.41) is 4.85. The molecule has 2 aromatic heterocycles. The minimum absolute atomic E-state index is 0.279. The number of nitrogens with two attached hydrogens (primary N) is 1. The third kappa shape index (κ3) is 4.01. The average molecular weight is 405 g/mol. The smallest absolute Gasteiger partial charge is 0.341 e. The summed E-state index contributed by atoms with van der Waals surface area (Å²) in [5.74, 6) is -0.773. The van der Waals surface area contributed by atoms with Gasteiger partial charge in [0.1, 0.15) is 5.00 Å². The van der Waals surface area contributed by atoms with E-state index < -0.39 is 5.97 Å². The van der Waals surface area contributed by atoms with Gasteiger partial charge in [0.15, 0.2) is 0 Å². The van der Waals surface area contributed by atoms with E-state index in [1.807, 2.05) is 0 Å². The molecule has 3 N–H and O–H groups in total. The molecule has 0 radical (unpaired) electrons. The first kappa shape index (κ1) is 19.1. The lowest BCUT2D eigenvalue weighted by Crippen LogP contribution is -2.18. The molecule has 0 unspecified atom stereocenters. The molecule has 2 heterocycles. The van der Waals surface area contributed by atoms with Crippen LogP contribution in [-0.2, 0) is 11.2 Å². The molecule has 0 saturated carbocycles. The molecule has 7 nitrogen and oxygen atoms in total. The SMILES string of the molecule is CCOC(=O)c1c(N)sc2c1CCC(/C=N/NC(=O)c1ccncc1)=C2Cl. The molecular weight excluding hydrogens is 388 g/mol. The van der Waals surface area contributed by atoms with Crippen LogP contribution in [0.15, 0.2) is 35.2 Å². The number of esters is 1. The van der Waals surface area contributed by atoms with E-state index in [4.69, 9.17) is 22.1 Å². The molecule has 2 aromatic rings. The Bertz CT molecular complexity index is 938. The van der Waals surface area contributed by atoms with Gasteiger partial charge in [-0.2, -0.15) is 5.10 Å². The van der Waals surface area contributed by atoms with E-state index in [1.54, 1.807) is 19.1 Å². The lowest BCUT2D eigenvalue weighted by Gasteiger charge is -2.14. The predicted molar refractivity (Wildman–Crippen MR) is 106 cm³/mol. The number of thiophene rings is 1. The Morgan fingerprint density at radius 1 is 1.41 bits per heavy atom. The highest BCUT2D eigenvalue weighted by molar-refractivity contribution is 7.18. The number of hydrogen-bond donors (Lipinski definition) is 2. The van der Waals surface area contributed by atoms with Crippen molar-refractivity contribution in [2.24, 2.45) is 5.10 Å². The fourth-order valence-electron chi connectivity index (χ4n) is 2.70. The summed E-state index contributed by atoms with van der Waals surface area (Å²) in [6, 6.07) is 3.19. The summed E-state index contributed by atoms with van der Waals surface area (Å²) in [6.07, 6.45) is 5.74. The van der Waals surface area contributed by atoms with Crippen LogP contribution in [-0.4, -0.2) is 29.7 Å². The molecule has 0 aromatic carbocycles. The zero-order valence-corrected chi connectivity index (χ0v) is 16.1. The van der Waals surface area contributed by atoms with E-state index in [9.17, 15) is 9.59 Å². The lowest BCUT2D eigenvalue weighted by molar-refractivity contribution is 0.0526. The second-order valence-corrected chi connectivity index (χ2v) is 7.07. The first-order valence-electron chi connectivity index (χ1n) is 8.23. The van der Waals surface area contributed by atoms with E-state index in [1.165, 1.54) is 29.9 Å². The molecule has 140 valence electrons. The van der Waals surface area contributed by atoms with Crippen molar-refractivity contribution < 1.29 is 14.3 Å². The van der Waals surface area contributed by atoms with Gasteiger partial charge in [-0.1, -0.05) is 11.6 Å². The van der Waals surface area contributed by atoms with Crippen LogP contribution < -0.4 is 11.2 Å². The van der Waals surface area contributed by atoms with Crippen molar-refractivity contribution in [3.63, 3.8) is 0 Å². The molecular formula is C18H17ClN4O3S. The summed E-state index contributed by atoms with van der Waals surface area (Å²) >= 11 is 7.73. The number of carbonyl (C=O) groups is 2. The van der Waals surface area contributed by atoms with Gasteiger partial charge < -0.3 is 10.5 Å². The molecule has 27 heavy (non-hydrogen) atoms. The molecule has 0 aliphatic heterocycles. The molecule has 3 rings (SSSR count). The van der Waals surface area contributed by atoms with Crippen molar-refractivity contribution in [1.82, 2.24) is 10.4 Å². The van der Waals surface area contributed by atoms with Crippen LogP contribution in [0.1, 0.15) is 44.5 Å². The van der Waals surface area contributed by atoms with E-state index in [0.29, 0.717) is 34.0 Å². The van der Waals surface area contributed by atoms with Gasteiger partial charge in [0.2, 0.25) is 0 Å². The van der Waals surface area contributed by atoms with Gasteiger partial charge in [-0.15, -0.1) is 11.3 Å². The van der Waals surface area contributed by atoms with E-state index in [0.717, 1.165) is 16.0 Å². The van der Waals surface area contributed by atoms with Crippen molar-refractivity contribution in [2.45, 2.75) is 19.8 Å². The first-order valence-corrected chi connectivity index (χ1v) is 9.43. The summed E-state index contributed by atoms with van der Waals surface area (Å²) in [5.41, 5.74) is 10.9. The van der Waals surface area contributed by atoms with Gasteiger partial charge in [-0.3, -0.25) is 9.78 Å². The van der Waals surface area contributed by atoms with Gasteiger partial charge >= 0.3 is 5.97 Å². The van der Waals surface area contributed by atoms with Gasteiger partial charge in [-0.25, -0.2) is 10.2 Å². The van der Waals surface area contributed by atoms with Crippen LogP contribution in [0.3, 0.4) is 0 Å². The topological polar surface area (TPSA) is 107 Å². The Morgan fingerprint density at radius 2 is 2.15 bits per heavy atom. The largest absolute Gasteiger partial charge is 0.462 e. The highest BCUT2D eigenvalue weighted by Gasteiger charge is 2.28. The third-order valence-corrected chi connectivity index (χ3v) is 5.59. The van der Waals surface area contributed by atoms with Crippen LogP contribution in [0.5, 0.6) is 0 Å². The maximum Gasteiger partial charge on any atom is 0.341 e. The number of halogens is 1. The van der Waals surface area contributed by atoms with Crippen molar-refractivity contribution in [2.75, 3.05) is 12.3 Å². The van der Waals surface area contributed by atoms with Crippen LogP contribution in [0.4, 0.5) is 5.00 Å². The molecule has 1 aliphatic rings. The minimum Gasteiger partial charge on any atom is -0.462 e. The zero-order valence-electron chi connectivity index (χ0n) is 14.5. The highest BCUT2D eigenvalue weighted by atomic mass is 35.5. The Morgan fingerprint density at radius 3 is 2.85 bits per heavy atom. The molecule has 0 bridgehead atoms. The number of allylic oxidation sites excluding steroid dienone is 1. The van der Waals surface area contributed by atoms with Crippen molar-refractivity contribution in [1.29, 1.82) is 0 Å². The van der Waals surface area contributed by atoms with Crippen LogP contribution in [0, 0.1) is 0 Å². The normalized spacial score (nSPS) is 13.6. The number of ether oxygens (including phenoxy) is 1. The number of rotatable bonds is 5. The number of nitrogen functional groups attached to an aromatic ring is 1. The molecule has 1 amide bonds. The number of fused-ring (bicyclic) bond motifs is 1. The monoisotopic (exact) mass is 404 g/mol. The Labute approximate surface area is 164 Å². The number of pyridine rings is 1. The first-order chi connectivity index (χ1) is 13.0. The highest BCUT2D eigenvalue weighted by Crippen LogP contribution is 2.43. The summed E-state index contributed by atoms with van der Waals surface area (Å²) in [4.78, 5) is 28.7. The number of anilines is 1. The molecule has 9 heteroatoms. The van der Waals surface area contributed by atoms with Crippen LogP contribution in [0.25, 0.3) is 5.03 Å². The third-order valence-electron chi connectivity index (χ3n) is 3.97. The predicted octanol–water partition coefficient (Wildman–Crippen LogP) is 3.21. The van der Waals surface area contributed by atoms with Crippen molar-refractivity contribution >= 4 is 51.1 Å². The van der Waals surface area contributed by atoms with E-state index in [2.05, 4.69) is 15.5 Å². The Balaban J connectivity index is 1.79. The molecule has 0 spiro atoms. The van der Waals surface area contributed by atoms with Gasteiger partial charge in [0, 0.05) is 18.0 Å². The van der Waals surface area contributed by atoms with Crippen LogP contribution in [0.2, 0.25) is 0 Å². The second-order valence-electron chi connectivity index (χ2n) is 5.64. The summed E-state index contributed by atoms with van der Waals surface area (Å²) < 4.78 is 5.08. The molecule has 0 atom stereocenters. The number of aromatic nitrogens is 1. The van der Waals surface area contributed by atoms with E-state index >= 15 is 0 Å². The average Bonchev–Trinajstić information content (AvgIpc) is 3.01. The fraction of sp³-hybridized carbons (Fsp3) is 0.222. The maximum atomic E-state index is 12.1. The van der Waals surface area contributed by atoms with Crippen molar-refractivity contribution in [3.05, 3.63) is 51.7 Å².